The summed E-state index contributed by atoms with van der Waals surface area (Å²) < 4.78 is 24.5. The predicted molar refractivity (Wildman–Crippen MR) is 79.9 cm³/mol. The lowest BCUT2D eigenvalue weighted by molar-refractivity contribution is -0.120. The molecule has 0 saturated carbocycles. The summed E-state index contributed by atoms with van der Waals surface area (Å²) >= 11 is 0. The Labute approximate surface area is 122 Å². The maximum Gasteiger partial charge on any atom is 0.233 e. The Morgan fingerprint density at radius 2 is 2.10 bits per heavy atom. The van der Waals surface area contributed by atoms with Crippen LogP contribution in [0.2, 0.25) is 0 Å². The molecule has 118 valence electrons. The fourth-order valence-corrected chi connectivity index (χ4v) is 3.21. The number of nitrogens with zero attached hydrogens (tertiary/aromatic N) is 1. The van der Waals surface area contributed by atoms with Gasteiger partial charge in [0.1, 0.15) is 0 Å². The van der Waals surface area contributed by atoms with Crippen molar-refractivity contribution in [3.8, 4) is 0 Å². The van der Waals surface area contributed by atoms with Crippen LogP contribution in [0.25, 0.3) is 0 Å². The molecule has 0 aromatic rings. The van der Waals surface area contributed by atoms with Crippen LogP contribution in [0, 0.1) is 11.8 Å². The third-order valence-electron chi connectivity index (χ3n) is 3.38. The molecule has 1 heterocycles. The van der Waals surface area contributed by atoms with E-state index in [1.807, 2.05) is 0 Å². The molecule has 1 amide bonds. The fourth-order valence-electron chi connectivity index (χ4n) is 2.26. The van der Waals surface area contributed by atoms with Crippen LogP contribution < -0.4 is 10.6 Å². The molecule has 1 atom stereocenters. The molecule has 0 spiro atoms. The molecule has 0 aromatic carbocycles. The number of rotatable bonds is 7. The Morgan fingerprint density at radius 3 is 2.70 bits per heavy atom. The topological polar surface area (TPSA) is 78.5 Å². The van der Waals surface area contributed by atoms with Gasteiger partial charge in [-0.15, -0.1) is 0 Å². The monoisotopic (exact) mass is 305 g/mol. The van der Waals surface area contributed by atoms with E-state index in [-0.39, 0.29) is 11.8 Å². The largest absolute Gasteiger partial charge is 0.355 e. The van der Waals surface area contributed by atoms with Gasteiger partial charge in [-0.1, -0.05) is 13.8 Å². The Hall–Kier alpha value is -0.660. The van der Waals surface area contributed by atoms with E-state index < -0.39 is 10.0 Å². The highest BCUT2D eigenvalue weighted by Gasteiger charge is 2.25. The lowest BCUT2D eigenvalue weighted by Crippen LogP contribution is -2.44. The molecule has 1 aliphatic heterocycles. The van der Waals surface area contributed by atoms with Crippen molar-refractivity contribution in [3.05, 3.63) is 0 Å². The molecular formula is C13H27N3O3S. The van der Waals surface area contributed by atoms with Gasteiger partial charge in [0.2, 0.25) is 15.9 Å². The Balaban J connectivity index is 2.23. The molecule has 1 saturated heterocycles. The SMILES string of the molecule is CC(C)CNC(=O)CNCC1CCCN(S(C)(=O)=O)C1. The molecule has 0 aromatic heterocycles. The standard InChI is InChI=1S/C13H27N3O3S/c1-11(2)7-15-13(17)9-14-8-12-5-4-6-16(10-12)20(3,18)19/h11-12,14H,4-10H2,1-3H3,(H,15,17). The quantitative estimate of drug-likeness (QED) is 0.695. The lowest BCUT2D eigenvalue weighted by Gasteiger charge is -2.31. The molecule has 1 fully saturated rings. The molecule has 0 aliphatic carbocycles. The third kappa shape index (κ3) is 6.67. The van der Waals surface area contributed by atoms with Crippen molar-refractivity contribution in [2.75, 3.05) is 39.0 Å². The van der Waals surface area contributed by atoms with Gasteiger partial charge in [-0.05, 0) is 31.2 Å². The molecule has 6 nitrogen and oxygen atoms in total. The summed E-state index contributed by atoms with van der Waals surface area (Å²) in [6.45, 7) is 6.93. The van der Waals surface area contributed by atoms with Crippen LogP contribution in [0.3, 0.4) is 0 Å². The van der Waals surface area contributed by atoms with Gasteiger partial charge in [0.25, 0.3) is 0 Å². The smallest absolute Gasteiger partial charge is 0.233 e. The molecule has 7 heteroatoms. The minimum Gasteiger partial charge on any atom is -0.355 e. The molecule has 2 N–H and O–H groups in total. The van der Waals surface area contributed by atoms with Crippen LogP contribution in [0.4, 0.5) is 0 Å². The molecule has 1 unspecified atom stereocenters. The van der Waals surface area contributed by atoms with Gasteiger partial charge in [0.15, 0.2) is 0 Å². The third-order valence-corrected chi connectivity index (χ3v) is 4.65. The Morgan fingerprint density at radius 1 is 1.40 bits per heavy atom. The zero-order chi connectivity index (χ0) is 15.2. The summed E-state index contributed by atoms with van der Waals surface area (Å²) in [6, 6.07) is 0. The first kappa shape index (κ1) is 17.4. The number of piperidine rings is 1. The number of carbonyl (C=O) groups excluding carboxylic acids is 1. The summed E-state index contributed by atoms with van der Waals surface area (Å²) in [5, 5.41) is 5.96. The average molecular weight is 305 g/mol. The summed E-state index contributed by atoms with van der Waals surface area (Å²) in [7, 11) is -3.09. The van der Waals surface area contributed by atoms with E-state index in [9.17, 15) is 13.2 Å². The molecule has 20 heavy (non-hydrogen) atoms. The highest BCUT2D eigenvalue weighted by molar-refractivity contribution is 7.88. The highest BCUT2D eigenvalue weighted by atomic mass is 32.2. The summed E-state index contributed by atoms with van der Waals surface area (Å²) in [4.78, 5) is 11.5. The maximum absolute atomic E-state index is 11.5. The molecule has 1 rings (SSSR count). The van der Waals surface area contributed by atoms with Gasteiger partial charge < -0.3 is 10.6 Å². The number of nitrogens with one attached hydrogen (secondary N) is 2. The van der Waals surface area contributed by atoms with E-state index in [4.69, 9.17) is 0 Å². The zero-order valence-corrected chi connectivity index (χ0v) is 13.5. The second-order valence-corrected chi connectivity index (χ2v) is 7.94. The number of carbonyl (C=O) groups is 1. The lowest BCUT2D eigenvalue weighted by atomic mass is 10.00. The van der Waals surface area contributed by atoms with Gasteiger partial charge in [-0.2, -0.15) is 0 Å². The van der Waals surface area contributed by atoms with Crippen LogP contribution in [-0.2, 0) is 14.8 Å². The van der Waals surface area contributed by atoms with Crippen LogP contribution >= 0.6 is 0 Å². The molecular weight excluding hydrogens is 278 g/mol. The number of hydrogen-bond acceptors (Lipinski definition) is 4. The second kappa shape index (κ2) is 7.95. The zero-order valence-electron chi connectivity index (χ0n) is 12.7. The van der Waals surface area contributed by atoms with E-state index in [0.29, 0.717) is 38.6 Å². The van der Waals surface area contributed by atoms with Gasteiger partial charge in [0.05, 0.1) is 12.8 Å². The average Bonchev–Trinajstić information content (AvgIpc) is 2.36. The van der Waals surface area contributed by atoms with Gasteiger partial charge in [0, 0.05) is 19.6 Å². The van der Waals surface area contributed by atoms with E-state index in [2.05, 4.69) is 24.5 Å². The first-order chi connectivity index (χ1) is 9.29. The van der Waals surface area contributed by atoms with Crippen molar-refractivity contribution >= 4 is 15.9 Å². The number of hydrogen-bond donors (Lipinski definition) is 2. The van der Waals surface area contributed by atoms with Crippen molar-refractivity contribution in [2.24, 2.45) is 11.8 Å². The highest BCUT2D eigenvalue weighted by Crippen LogP contribution is 2.17. The summed E-state index contributed by atoms with van der Waals surface area (Å²) in [5.74, 6) is 0.728. The van der Waals surface area contributed by atoms with Gasteiger partial charge in [-0.25, -0.2) is 12.7 Å². The van der Waals surface area contributed by atoms with E-state index >= 15 is 0 Å². The van der Waals surface area contributed by atoms with Crippen LogP contribution in [0.15, 0.2) is 0 Å². The Kier molecular flexibility index (Phi) is 6.91. The van der Waals surface area contributed by atoms with Gasteiger partial charge >= 0.3 is 0 Å². The van der Waals surface area contributed by atoms with Gasteiger partial charge in [-0.3, -0.25) is 4.79 Å². The minimum atomic E-state index is -3.09. The van der Waals surface area contributed by atoms with E-state index in [1.54, 1.807) is 0 Å². The summed E-state index contributed by atoms with van der Waals surface area (Å²) in [5.41, 5.74) is 0. The van der Waals surface area contributed by atoms with Crippen molar-refractivity contribution in [3.63, 3.8) is 0 Å². The Bertz CT molecular complexity index is 409. The number of amides is 1. The van der Waals surface area contributed by atoms with E-state index in [1.165, 1.54) is 10.6 Å². The van der Waals surface area contributed by atoms with Crippen molar-refractivity contribution < 1.29 is 13.2 Å². The summed E-state index contributed by atoms with van der Waals surface area (Å²) in [6.07, 6.45) is 3.15. The normalized spacial score (nSPS) is 21.1. The first-order valence-corrected chi connectivity index (χ1v) is 9.06. The number of sulfonamides is 1. The van der Waals surface area contributed by atoms with Crippen molar-refractivity contribution in [2.45, 2.75) is 26.7 Å². The van der Waals surface area contributed by atoms with Crippen molar-refractivity contribution in [1.29, 1.82) is 0 Å². The van der Waals surface area contributed by atoms with Crippen LogP contribution in [0.1, 0.15) is 26.7 Å². The maximum atomic E-state index is 11.5. The predicted octanol–water partition coefficient (Wildman–Crippen LogP) is 0.0198. The second-order valence-electron chi connectivity index (χ2n) is 5.96. The minimum absolute atomic E-state index is 0.00511. The first-order valence-electron chi connectivity index (χ1n) is 7.21. The van der Waals surface area contributed by atoms with E-state index in [0.717, 1.165) is 12.8 Å². The van der Waals surface area contributed by atoms with Crippen LogP contribution in [0.5, 0.6) is 0 Å². The molecule has 1 aliphatic rings. The van der Waals surface area contributed by atoms with Crippen LogP contribution in [-0.4, -0.2) is 57.6 Å². The molecule has 0 radical (unpaired) electrons. The fraction of sp³-hybridized carbons (Fsp3) is 0.923. The van der Waals surface area contributed by atoms with Crippen molar-refractivity contribution in [1.82, 2.24) is 14.9 Å². The molecule has 0 bridgehead atoms.